The molecule has 5 rings (SSSR count). The van der Waals surface area contributed by atoms with Crippen LogP contribution in [0.2, 0.25) is 5.02 Å². The molecule has 31 heavy (non-hydrogen) atoms. The molecule has 1 aliphatic heterocycles. The lowest BCUT2D eigenvalue weighted by molar-refractivity contribution is -0.136. The molecule has 0 fully saturated rings. The minimum Gasteiger partial charge on any atom is -0.481 e. The van der Waals surface area contributed by atoms with Crippen LogP contribution in [0.1, 0.15) is 16.8 Å². The predicted octanol–water partition coefficient (Wildman–Crippen LogP) is 5.75. The minimum atomic E-state index is -0.846. The van der Waals surface area contributed by atoms with Crippen molar-refractivity contribution >= 4 is 40.0 Å². The summed E-state index contributed by atoms with van der Waals surface area (Å²) >= 11 is 6.13. The predicted molar refractivity (Wildman–Crippen MR) is 124 cm³/mol. The number of aromatic nitrogens is 2. The number of aliphatic carboxylic acids is 1. The van der Waals surface area contributed by atoms with E-state index in [0.29, 0.717) is 5.02 Å². The number of aryl methyl sites for hydroxylation is 1. The van der Waals surface area contributed by atoms with Crippen molar-refractivity contribution in [1.82, 2.24) is 9.55 Å². The summed E-state index contributed by atoms with van der Waals surface area (Å²) in [6.45, 7) is 5.76. The second-order valence-electron chi connectivity index (χ2n) is 7.94. The lowest BCUT2D eigenvalue weighted by atomic mass is 9.88. The average molecular weight is 432 g/mol. The van der Waals surface area contributed by atoms with Crippen LogP contribution in [-0.4, -0.2) is 27.2 Å². The first-order valence-corrected chi connectivity index (χ1v) is 10.6. The third kappa shape index (κ3) is 3.17. The van der Waals surface area contributed by atoms with Crippen molar-refractivity contribution in [2.24, 2.45) is 0 Å². The Bertz CT molecular complexity index is 1310. The van der Waals surface area contributed by atoms with E-state index in [1.807, 2.05) is 49.4 Å². The Balaban J connectivity index is 1.88. The molecular formula is C25H22ClN3O2. The molecule has 0 aliphatic carbocycles. The summed E-state index contributed by atoms with van der Waals surface area (Å²) in [7, 11) is 0. The van der Waals surface area contributed by atoms with Crippen LogP contribution in [-0.2, 0) is 17.8 Å². The summed E-state index contributed by atoms with van der Waals surface area (Å²) in [5, 5.41) is 11.5. The van der Waals surface area contributed by atoms with Crippen LogP contribution >= 0.6 is 11.6 Å². The smallest absolute Gasteiger partial charge is 0.307 e. The van der Waals surface area contributed by atoms with Crippen LogP contribution in [0.5, 0.6) is 0 Å². The highest BCUT2D eigenvalue weighted by Crippen LogP contribution is 2.46. The molecule has 5 nitrogen and oxygen atoms in total. The van der Waals surface area contributed by atoms with Crippen molar-refractivity contribution in [3.63, 3.8) is 0 Å². The Kier molecular flexibility index (Phi) is 4.71. The fraction of sp³-hybridized carbons (Fsp3) is 0.200. The third-order valence-corrected chi connectivity index (χ3v) is 6.36. The number of benzene rings is 2. The number of carboxylic acids is 1. The summed E-state index contributed by atoms with van der Waals surface area (Å²) in [5.41, 5.74) is 7.09. The first-order chi connectivity index (χ1) is 15.0. The molecule has 0 radical (unpaired) electrons. The zero-order valence-corrected chi connectivity index (χ0v) is 18.1. The maximum Gasteiger partial charge on any atom is 0.307 e. The number of pyridine rings is 1. The zero-order chi connectivity index (χ0) is 21.7. The van der Waals surface area contributed by atoms with Gasteiger partial charge < -0.3 is 14.6 Å². The number of carbonyl (C=O) groups is 1. The molecule has 0 saturated heterocycles. The van der Waals surface area contributed by atoms with Gasteiger partial charge in [-0.25, -0.2) is 4.98 Å². The first kappa shape index (κ1) is 19.6. The molecule has 2 aromatic carbocycles. The van der Waals surface area contributed by atoms with Crippen molar-refractivity contribution in [2.75, 3.05) is 11.4 Å². The molecule has 156 valence electrons. The molecule has 0 bridgehead atoms. The van der Waals surface area contributed by atoms with Gasteiger partial charge in [0.15, 0.2) is 0 Å². The fourth-order valence-electron chi connectivity index (χ4n) is 4.78. The van der Waals surface area contributed by atoms with Crippen molar-refractivity contribution in [3.05, 3.63) is 76.6 Å². The van der Waals surface area contributed by atoms with Gasteiger partial charge in [-0.05, 0) is 66.4 Å². The summed E-state index contributed by atoms with van der Waals surface area (Å²) in [5.74, 6) is 0.0266. The van der Waals surface area contributed by atoms with Crippen LogP contribution in [0.25, 0.3) is 22.0 Å². The van der Waals surface area contributed by atoms with E-state index in [4.69, 9.17) is 11.6 Å². The van der Waals surface area contributed by atoms with E-state index >= 15 is 0 Å². The molecule has 0 amide bonds. The van der Waals surface area contributed by atoms with E-state index in [1.54, 1.807) is 6.20 Å². The first-order valence-electron chi connectivity index (χ1n) is 10.3. The number of anilines is 2. The van der Waals surface area contributed by atoms with Crippen LogP contribution in [0, 0.1) is 13.8 Å². The molecule has 0 atom stereocenters. The number of rotatable bonds is 4. The highest BCUT2D eigenvalue weighted by atomic mass is 35.5. The minimum absolute atomic E-state index is 0.0486. The molecule has 0 saturated carbocycles. The van der Waals surface area contributed by atoms with Gasteiger partial charge in [0.1, 0.15) is 5.82 Å². The van der Waals surface area contributed by atoms with Crippen molar-refractivity contribution in [3.8, 4) is 11.1 Å². The van der Waals surface area contributed by atoms with Gasteiger partial charge in [0.25, 0.3) is 0 Å². The number of halogens is 1. The summed E-state index contributed by atoms with van der Waals surface area (Å²) < 4.78 is 2.33. The number of hydrogen-bond donors (Lipinski definition) is 1. The Labute approximate surface area is 185 Å². The maximum absolute atomic E-state index is 11.9. The van der Waals surface area contributed by atoms with Gasteiger partial charge in [-0.1, -0.05) is 29.8 Å². The van der Waals surface area contributed by atoms with Gasteiger partial charge >= 0.3 is 5.97 Å². The molecule has 1 N–H and O–H groups in total. The number of carboxylic acid groups (broad SMARTS) is 1. The third-order valence-electron chi connectivity index (χ3n) is 6.11. The van der Waals surface area contributed by atoms with Crippen molar-refractivity contribution < 1.29 is 9.90 Å². The second kappa shape index (κ2) is 7.43. The van der Waals surface area contributed by atoms with E-state index in [1.165, 1.54) is 5.69 Å². The SMILES string of the molecule is Cc1c(CC(=O)O)c(-c2ccc(Cl)cc2)c2cc(C)n3c2c1N(c1ccccn1)CC3. The topological polar surface area (TPSA) is 58.4 Å². The Morgan fingerprint density at radius 2 is 1.90 bits per heavy atom. The summed E-state index contributed by atoms with van der Waals surface area (Å²) in [6.07, 6.45) is 1.74. The average Bonchev–Trinajstić information content (AvgIpc) is 3.09. The van der Waals surface area contributed by atoms with Gasteiger partial charge in [0.2, 0.25) is 0 Å². The Morgan fingerprint density at radius 3 is 2.58 bits per heavy atom. The van der Waals surface area contributed by atoms with E-state index in [2.05, 4.69) is 27.4 Å². The van der Waals surface area contributed by atoms with Crippen LogP contribution < -0.4 is 4.90 Å². The molecule has 1 aliphatic rings. The van der Waals surface area contributed by atoms with E-state index in [-0.39, 0.29) is 6.42 Å². The van der Waals surface area contributed by atoms with Crippen LogP contribution in [0.4, 0.5) is 11.5 Å². The van der Waals surface area contributed by atoms with Gasteiger partial charge in [0.05, 0.1) is 17.6 Å². The highest BCUT2D eigenvalue weighted by molar-refractivity contribution is 6.30. The van der Waals surface area contributed by atoms with Crippen LogP contribution in [0.3, 0.4) is 0 Å². The summed E-state index contributed by atoms with van der Waals surface area (Å²) in [6, 6.07) is 15.7. The zero-order valence-electron chi connectivity index (χ0n) is 17.4. The normalized spacial score (nSPS) is 13.1. The lowest BCUT2D eigenvalue weighted by Crippen LogP contribution is -2.29. The van der Waals surface area contributed by atoms with Gasteiger partial charge in [-0.15, -0.1) is 0 Å². The quantitative estimate of drug-likeness (QED) is 0.446. The van der Waals surface area contributed by atoms with Gasteiger partial charge in [-0.2, -0.15) is 0 Å². The van der Waals surface area contributed by atoms with E-state index in [0.717, 1.165) is 57.8 Å². The van der Waals surface area contributed by atoms with Crippen molar-refractivity contribution in [1.29, 1.82) is 0 Å². The second-order valence-corrected chi connectivity index (χ2v) is 8.38. The number of nitrogens with zero attached hydrogens (tertiary/aromatic N) is 3. The monoisotopic (exact) mass is 431 g/mol. The highest BCUT2D eigenvalue weighted by Gasteiger charge is 2.29. The Hall–Kier alpha value is -3.31. The lowest BCUT2D eigenvalue weighted by Gasteiger charge is -2.33. The van der Waals surface area contributed by atoms with E-state index in [9.17, 15) is 9.90 Å². The molecule has 6 heteroatoms. The fourth-order valence-corrected chi connectivity index (χ4v) is 4.91. The number of hydrogen-bond acceptors (Lipinski definition) is 3. The molecule has 4 aromatic rings. The van der Waals surface area contributed by atoms with Crippen molar-refractivity contribution in [2.45, 2.75) is 26.8 Å². The molecule has 2 aromatic heterocycles. The van der Waals surface area contributed by atoms with E-state index < -0.39 is 5.97 Å². The standard InChI is InChI=1S/C25H22ClN3O2/c1-15-13-20-23(17-6-8-18(26)9-7-17)19(14-22(30)31)16(2)24-25(20)28(15)11-12-29(24)21-5-3-4-10-27-21/h3-10,13H,11-12,14H2,1-2H3,(H,30,31). The van der Waals surface area contributed by atoms with Crippen LogP contribution in [0.15, 0.2) is 54.7 Å². The summed E-state index contributed by atoms with van der Waals surface area (Å²) in [4.78, 5) is 18.7. The molecule has 3 heterocycles. The Morgan fingerprint density at radius 1 is 1.13 bits per heavy atom. The molecular weight excluding hydrogens is 410 g/mol. The largest absolute Gasteiger partial charge is 0.481 e. The molecule has 0 spiro atoms. The molecule has 0 unspecified atom stereocenters. The van der Waals surface area contributed by atoms with Gasteiger partial charge in [0, 0.05) is 35.4 Å². The van der Waals surface area contributed by atoms with Gasteiger partial charge in [-0.3, -0.25) is 4.79 Å². The maximum atomic E-state index is 11.9.